The van der Waals surface area contributed by atoms with Gasteiger partial charge in [-0.05, 0) is 68.7 Å². The Labute approximate surface area is 230 Å². The zero-order chi connectivity index (χ0) is 27.9. The molecular formula is C31H38N2O6. The molecule has 0 fully saturated rings. The summed E-state index contributed by atoms with van der Waals surface area (Å²) in [5, 5.41) is 12.3. The number of aliphatic carboxylic acids is 1. The number of rotatable bonds is 16. The van der Waals surface area contributed by atoms with Gasteiger partial charge in [-0.3, -0.25) is 0 Å². The van der Waals surface area contributed by atoms with E-state index in [4.69, 9.17) is 14.2 Å². The molecule has 8 heteroatoms. The van der Waals surface area contributed by atoms with Gasteiger partial charge < -0.3 is 29.5 Å². The van der Waals surface area contributed by atoms with Crippen LogP contribution in [0.1, 0.15) is 30.9 Å². The molecule has 0 aromatic heterocycles. The van der Waals surface area contributed by atoms with Crippen LogP contribution in [-0.4, -0.2) is 61.0 Å². The second-order valence-corrected chi connectivity index (χ2v) is 9.13. The fraction of sp³-hybridized carbons (Fsp3) is 0.355. The van der Waals surface area contributed by atoms with Crippen LogP contribution in [0.5, 0.6) is 11.5 Å². The first-order valence-corrected chi connectivity index (χ1v) is 13.3. The lowest BCUT2D eigenvalue weighted by molar-refractivity contribution is -0.149. The Kier molecular flexibility index (Phi) is 12.1. The van der Waals surface area contributed by atoms with Gasteiger partial charge in [0.2, 0.25) is 0 Å². The average molecular weight is 535 g/mol. The van der Waals surface area contributed by atoms with E-state index >= 15 is 0 Å². The zero-order valence-electron chi connectivity index (χ0n) is 22.7. The van der Waals surface area contributed by atoms with Crippen molar-refractivity contribution < 1.29 is 28.9 Å². The van der Waals surface area contributed by atoms with Gasteiger partial charge in [-0.1, -0.05) is 48.0 Å². The number of carboxylic acid groups (broad SMARTS) is 1. The summed E-state index contributed by atoms with van der Waals surface area (Å²) in [5.41, 5.74) is 2.71. The smallest absolute Gasteiger partial charge is 0.333 e. The summed E-state index contributed by atoms with van der Waals surface area (Å²) in [5.74, 6) is 0.507. The second-order valence-electron chi connectivity index (χ2n) is 9.13. The van der Waals surface area contributed by atoms with Gasteiger partial charge in [0.15, 0.2) is 6.10 Å². The predicted molar refractivity (Wildman–Crippen MR) is 152 cm³/mol. The van der Waals surface area contributed by atoms with Gasteiger partial charge >= 0.3 is 12.0 Å². The van der Waals surface area contributed by atoms with Crippen molar-refractivity contribution in [2.24, 2.45) is 0 Å². The molecule has 0 spiro atoms. The number of anilines is 1. The molecule has 2 N–H and O–H groups in total. The van der Waals surface area contributed by atoms with Crippen molar-refractivity contribution in [2.45, 2.75) is 39.2 Å². The maximum atomic E-state index is 13.0. The lowest BCUT2D eigenvalue weighted by atomic mass is 10.1. The minimum Gasteiger partial charge on any atom is -0.494 e. The number of amides is 2. The van der Waals surface area contributed by atoms with Crippen LogP contribution in [0.2, 0.25) is 0 Å². The molecule has 208 valence electrons. The van der Waals surface area contributed by atoms with E-state index in [0.29, 0.717) is 38.7 Å². The summed E-state index contributed by atoms with van der Waals surface area (Å²) in [6, 6.07) is 24.5. The molecule has 0 bridgehead atoms. The minimum atomic E-state index is -0.979. The number of unbranched alkanes of at least 4 members (excludes halogenated alkanes) is 1. The molecule has 0 saturated heterocycles. The van der Waals surface area contributed by atoms with E-state index in [1.54, 1.807) is 24.0 Å². The number of hydrogen-bond donors (Lipinski definition) is 2. The Bertz CT molecular complexity index is 1140. The summed E-state index contributed by atoms with van der Waals surface area (Å²) in [4.78, 5) is 26.1. The number of nitrogens with one attached hydrogen (secondary N) is 1. The van der Waals surface area contributed by atoms with Crippen LogP contribution in [0.4, 0.5) is 10.5 Å². The number of para-hydroxylation sites is 1. The first-order chi connectivity index (χ1) is 18.9. The summed E-state index contributed by atoms with van der Waals surface area (Å²) in [6.45, 7) is 5.98. The first kappa shape index (κ1) is 29.5. The number of carboxylic acids is 1. The van der Waals surface area contributed by atoms with Crippen molar-refractivity contribution in [2.75, 3.05) is 38.2 Å². The van der Waals surface area contributed by atoms with E-state index in [-0.39, 0.29) is 12.5 Å². The number of hydrogen-bond acceptors (Lipinski definition) is 5. The molecule has 39 heavy (non-hydrogen) atoms. The second kappa shape index (κ2) is 16.0. The van der Waals surface area contributed by atoms with Gasteiger partial charge in [-0.2, -0.15) is 0 Å². The summed E-state index contributed by atoms with van der Waals surface area (Å²) < 4.78 is 17.0. The summed E-state index contributed by atoms with van der Waals surface area (Å²) >= 11 is 0. The fourth-order valence-corrected chi connectivity index (χ4v) is 3.89. The molecule has 0 radical (unpaired) electrons. The van der Waals surface area contributed by atoms with E-state index in [1.165, 1.54) is 0 Å². The molecule has 0 aliphatic rings. The summed E-state index contributed by atoms with van der Waals surface area (Å²) in [6.07, 6.45) is 1.00. The van der Waals surface area contributed by atoms with Crippen molar-refractivity contribution in [3.63, 3.8) is 0 Å². The Morgan fingerprint density at radius 3 is 2.18 bits per heavy atom. The average Bonchev–Trinajstić information content (AvgIpc) is 2.94. The van der Waals surface area contributed by atoms with Crippen LogP contribution in [0.25, 0.3) is 0 Å². The Hall–Kier alpha value is -4.04. The molecule has 3 aromatic rings. The van der Waals surface area contributed by atoms with Crippen LogP contribution in [0.15, 0.2) is 78.9 Å². The number of carbonyl (C=O) groups is 2. The fourth-order valence-electron chi connectivity index (χ4n) is 3.89. The van der Waals surface area contributed by atoms with Crippen molar-refractivity contribution >= 4 is 17.7 Å². The molecule has 1 atom stereocenters. The highest BCUT2D eigenvalue weighted by Crippen LogP contribution is 2.16. The van der Waals surface area contributed by atoms with Crippen LogP contribution in [-0.2, 0) is 16.0 Å². The third-order valence-corrected chi connectivity index (χ3v) is 6.04. The van der Waals surface area contributed by atoms with Gasteiger partial charge in [0.05, 0.1) is 13.2 Å². The van der Waals surface area contributed by atoms with Gasteiger partial charge in [0.1, 0.15) is 18.1 Å². The zero-order valence-corrected chi connectivity index (χ0v) is 22.7. The number of aryl methyl sites for hydroxylation is 1. The molecular weight excluding hydrogens is 496 g/mol. The van der Waals surface area contributed by atoms with Crippen LogP contribution >= 0.6 is 0 Å². The quantitative estimate of drug-likeness (QED) is 0.226. The largest absolute Gasteiger partial charge is 0.494 e. The molecule has 3 aromatic carbocycles. The van der Waals surface area contributed by atoms with Crippen molar-refractivity contribution in [1.82, 2.24) is 4.90 Å². The molecule has 0 saturated carbocycles. The SMILES string of the molecule is CCOC(Cc1ccc(OCCN(CCCCOc2ccccc2)C(=O)Nc2ccc(C)cc2)cc1)C(=O)O. The van der Waals surface area contributed by atoms with E-state index in [2.05, 4.69) is 5.32 Å². The van der Waals surface area contributed by atoms with Crippen molar-refractivity contribution in [3.05, 3.63) is 90.0 Å². The highest BCUT2D eigenvalue weighted by molar-refractivity contribution is 5.89. The van der Waals surface area contributed by atoms with E-state index in [1.807, 2.05) is 73.7 Å². The topological polar surface area (TPSA) is 97.3 Å². The summed E-state index contributed by atoms with van der Waals surface area (Å²) in [7, 11) is 0. The molecule has 0 aliphatic carbocycles. The van der Waals surface area contributed by atoms with Gasteiger partial charge in [-0.15, -0.1) is 0 Å². The number of benzene rings is 3. The minimum absolute atomic E-state index is 0.183. The van der Waals surface area contributed by atoms with E-state index < -0.39 is 12.1 Å². The lowest BCUT2D eigenvalue weighted by Crippen LogP contribution is -2.38. The molecule has 0 heterocycles. The van der Waals surface area contributed by atoms with Crippen molar-refractivity contribution in [1.29, 1.82) is 0 Å². The van der Waals surface area contributed by atoms with Gasteiger partial charge in [0, 0.05) is 25.3 Å². The monoisotopic (exact) mass is 534 g/mol. The molecule has 3 rings (SSSR count). The van der Waals surface area contributed by atoms with Crippen LogP contribution in [0, 0.1) is 6.92 Å². The number of urea groups is 1. The standard InChI is InChI=1S/C31H38N2O6/c1-3-37-29(30(34)35)23-25-13-17-28(18-14-25)39-22-20-33(31(36)32-26-15-11-24(2)12-16-26)19-7-8-21-38-27-9-5-4-6-10-27/h4-6,9-18,29H,3,7-8,19-23H2,1-2H3,(H,32,36)(H,34,35). The third kappa shape index (κ3) is 10.7. The number of carbonyl (C=O) groups excluding carboxylic acids is 1. The predicted octanol–water partition coefficient (Wildman–Crippen LogP) is 5.80. The Morgan fingerprint density at radius 2 is 1.51 bits per heavy atom. The van der Waals surface area contributed by atoms with Crippen molar-refractivity contribution in [3.8, 4) is 11.5 Å². The maximum absolute atomic E-state index is 13.0. The molecule has 0 aliphatic heterocycles. The van der Waals surface area contributed by atoms with Gasteiger partial charge in [0.25, 0.3) is 0 Å². The van der Waals surface area contributed by atoms with Crippen LogP contribution < -0.4 is 14.8 Å². The normalized spacial score (nSPS) is 11.4. The third-order valence-electron chi connectivity index (χ3n) is 6.04. The highest BCUT2D eigenvalue weighted by Gasteiger charge is 2.18. The van der Waals surface area contributed by atoms with E-state index in [9.17, 15) is 14.7 Å². The highest BCUT2D eigenvalue weighted by atomic mass is 16.5. The number of nitrogens with zero attached hydrogens (tertiary/aromatic N) is 1. The van der Waals surface area contributed by atoms with Gasteiger partial charge in [-0.25, -0.2) is 9.59 Å². The maximum Gasteiger partial charge on any atom is 0.333 e. The van der Waals surface area contributed by atoms with Crippen LogP contribution in [0.3, 0.4) is 0 Å². The number of ether oxygens (including phenoxy) is 3. The Morgan fingerprint density at radius 1 is 0.846 bits per heavy atom. The molecule has 8 nitrogen and oxygen atoms in total. The van der Waals surface area contributed by atoms with E-state index in [0.717, 1.165) is 35.4 Å². The molecule has 1 unspecified atom stereocenters. The molecule has 2 amide bonds. The Balaban J connectivity index is 1.50. The first-order valence-electron chi connectivity index (χ1n) is 13.3. The lowest BCUT2D eigenvalue weighted by Gasteiger charge is -2.23.